The van der Waals surface area contributed by atoms with Crippen LogP contribution in [0.3, 0.4) is 0 Å². The van der Waals surface area contributed by atoms with Gasteiger partial charge in [-0.3, -0.25) is 9.59 Å². The molecule has 2 amide bonds. The summed E-state index contributed by atoms with van der Waals surface area (Å²) in [5.41, 5.74) is 1.68. The van der Waals surface area contributed by atoms with Gasteiger partial charge in [-0.15, -0.1) is 0 Å². The molecule has 2 N–H and O–H groups in total. The van der Waals surface area contributed by atoms with Crippen molar-refractivity contribution in [3.05, 3.63) is 89.2 Å². The fraction of sp³-hybridized carbons (Fsp3) is 0.214. The van der Waals surface area contributed by atoms with Crippen LogP contribution in [0.4, 0.5) is 21.5 Å². The summed E-state index contributed by atoms with van der Waals surface area (Å²) in [6.07, 6.45) is -0.584. The van der Waals surface area contributed by atoms with Crippen molar-refractivity contribution in [2.75, 3.05) is 36.3 Å². The van der Waals surface area contributed by atoms with Crippen molar-refractivity contribution >= 4 is 40.8 Å². The summed E-state index contributed by atoms with van der Waals surface area (Å²) in [5.74, 6) is -3.38. The van der Waals surface area contributed by atoms with Crippen molar-refractivity contribution in [1.29, 1.82) is 0 Å². The minimum atomic E-state index is -0.847. The van der Waals surface area contributed by atoms with Crippen LogP contribution in [0.5, 0.6) is 0 Å². The number of halogens is 1. The summed E-state index contributed by atoms with van der Waals surface area (Å²) in [7, 11) is 2.83. The summed E-state index contributed by atoms with van der Waals surface area (Å²) >= 11 is 0. The molecule has 38 heavy (non-hydrogen) atoms. The molecule has 0 aliphatic carbocycles. The largest absolute Gasteiger partial charge is 0.465 e. The number of methoxy groups -OCH3 is 1. The number of rotatable bonds is 10. The Balaban J connectivity index is 1.77. The number of hydrogen-bond acceptors (Lipinski definition) is 7. The SMILES string of the molecule is CCOC(=O)c1ccc(NC(=O)CC(=O)Nc2c(C(=O)OC)cc(F)cc2N(C)Cc2ccccc2)cc1. The van der Waals surface area contributed by atoms with E-state index in [2.05, 4.69) is 10.6 Å². The number of carbonyl (C=O) groups excluding carboxylic acids is 4. The van der Waals surface area contributed by atoms with E-state index < -0.39 is 36.0 Å². The predicted octanol–water partition coefficient (Wildman–Crippen LogP) is 4.39. The minimum Gasteiger partial charge on any atom is -0.465 e. The van der Waals surface area contributed by atoms with E-state index in [0.717, 1.165) is 18.7 Å². The maximum absolute atomic E-state index is 14.5. The molecule has 10 heteroatoms. The van der Waals surface area contributed by atoms with Gasteiger partial charge in [0.25, 0.3) is 0 Å². The van der Waals surface area contributed by atoms with Crippen molar-refractivity contribution in [1.82, 2.24) is 0 Å². The number of ether oxygens (including phenoxy) is 2. The molecule has 9 nitrogen and oxygen atoms in total. The predicted molar refractivity (Wildman–Crippen MR) is 141 cm³/mol. The van der Waals surface area contributed by atoms with Crippen LogP contribution in [0, 0.1) is 5.82 Å². The first kappa shape index (κ1) is 27.9. The van der Waals surface area contributed by atoms with Gasteiger partial charge in [-0.05, 0) is 48.9 Å². The molecule has 198 valence electrons. The lowest BCUT2D eigenvalue weighted by atomic mass is 10.1. The van der Waals surface area contributed by atoms with Gasteiger partial charge >= 0.3 is 11.9 Å². The number of esters is 2. The highest BCUT2D eigenvalue weighted by atomic mass is 19.1. The lowest BCUT2D eigenvalue weighted by Gasteiger charge is -2.24. The average Bonchev–Trinajstić information content (AvgIpc) is 2.89. The second kappa shape index (κ2) is 13.0. The second-order valence-electron chi connectivity index (χ2n) is 8.25. The Labute approximate surface area is 219 Å². The van der Waals surface area contributed by atoms with Gasteiger partial charge in [-0.25, -0.2) is 14.0 Å². The van der Waals surface area contributed by atoms with E-state index in [4.69, 9.17) is 9.47 Å². The van der Waals surface area contributed by atoms with E-state index in [-0.39, 0.29) is 23.5 Å². The summed E-state index contributed by atoms with van der Waals surface area (Å²) in [6.45, 7) is 2.29. The van der Waals surface area contributed by atoms with Crippen molar-refractivity contribution < 1.29 is 33.0 Å². The number of anilines is 3. The van der Waals surface area contributed by atoms with Crippen molar-refractivity contribution in [2.45, 2.75) is 19.9 Å². The third kappa shape index (κ3) is 7.39. The first-order chi connectivity index (χ1) is 18.2. The molecule has 0 saturated heterocycles. The first-order valence-electron chi connectivity index (χ1n) is 11.8. The molecule has 0 aromatic heterocycles. The van der Waals surface area contributed by atoms with E-state index in [1.54, 1.807) is 18.9 Å². The number of carbonyl (C=O) groups is 4. The molecule has 0 atom stereocenters. The molecule has 0 aliphatic rings. The van der Waals surface area contributed by atoms with Gasteiger partial charge in [-0.1, -0.05) is 30.3 Å². The van der Waals surface area contributed by atoms with Gasteiger partial charge in [0, 0.05) is 19.3 Å². The maximum atomic E-state index is 14.5. The smallest absolute Gasteiger partial charge is 0.340 e. The third-order valence-corrected chi connectivity index (χ3v) is 5.43. The maximum Gasteiger partial charge on any atom is 0.340 e. The Morgan fingerprint density at radius 2 is 1.55 bits per heavy atom. The number of nitrogens with one attached hydrogen (secondary N) is 2. The molecule has 0 bridgehead atoms. The second-order valence-corrected chi connectivity index (χ2v) is 8.25. The summed E-state index contributed by atoms with van der Waals surface area (Å²) in [5, 5.41) is 5.14. The monoisotopic (exact) mass is 521 g/mol. The Kier molecular flexibility index (Phi) is 9.53. The van der Waals surface area contributed by atoms with Crippen LogP contribution in [0.2, 0.25) is 0 Å². The zero-order valence-corrected chi connectivity index (χ0v) is 21.2. The Bertz CT molecular complexity index is 1310. The van der Waals surface area contributed by atoms with Crippen LogP contribution >= 0.6 is 0 Å². The Morgan fingerprint density at radius 3 is 2.18 bits per heavy atom. The van der Waals surface area contributed by atoms with Crippen LogP contribution in [-0.2, 0) is 25.6 Å². The molecule has 3 aromatic carbocycles. The third-order valence-electron chi connectivity index (χ3n) is 5.43. The quantitative estimate of drug-likeness (QED) is 0.300. The van der Waals surface area contributed by atoms with Gasteiger partial charge in [-0.2, -0.15) is 0 Å². The number of nitrogens with zero attached hydrogens (tertiary/aromatic N) is 1. The van der Waals surface area contributed by atoms with E-state index in [1.807, 2.05) is 30.3 Å². The van der Waals surface area contributed by atoms with E-state index in [0.29, 0.717) is 17.8 Å². The molecule has 0 fully saturated rings. The van der Waals surface area contributed by atoms with Gasteiger partial charge in [0.15, 0.2) is 0 Å². The van der Waals surface area contributed by atoms with Crippen molar-refractivity contribution in [3.63, 3.8) is 0 Å². The number of amides is 2. The normalized spacial score (nSPS) is 10.3. The number of benzene rings is 3. The average molecular weight is 522 g/mol. The van der Waals surface area contributed by atoms with E-state index in [1.165, 1.54) is 30.3 Å². The fourth-order valence-corrected chi connectivity index (χ4v) is 3.68. The number of hydrogen-bond donors (Lipinski definition) is 2. The lowest BCUT2D eigenvalue weighted by molar-refractivity contribution is -0.123. The minimum absolute atomic E-state index is 0.0215. The van der Waals surface area contributed by atoms with Crippen LogP contribution < -0.4 is 15.5 Å². The van der Waals surface area contributed by atoms with E-state index in [9.17, 15) is 23.6 Å². The molecule has 3 rings (SSSR count). The van der Waals surface area contributed by atoms with Crippen LogP contribution in [0.1, 0.15) is 39.6 Å². The molecule has 0 spiro atoms. The lowest BCUT2D eigenvalue weighted by Crippen LogP contribution is -2.25. The van der Waals surface area contributed by atoms with Gasteiger partial charge in [0.05, 0.1) is 36.2 Å². The fourth-order valence-electron chi connectivity index (χ4n) is 3.68. The van der Waals surface area contributed by atoms with Gasteiger partial charge < -0.3 is 25.0 Å². The molecule has 0 saturated carbocycles. The highest BCUT2D eigenvalue weighted by Gasteiger charge is 2.23. The first-order valence-corrected chi connectivity index (χ1v) is 11.8. The highest BCUT2D eigenvalue weighted by Crippen LogP contribution is 2.32. The van der Waals surface area contributed by atoms with Crippen molar-refractivity contribution in [2.24, 2.45) is 0 Å². The van der Waals surface area contributed by atoms with Gasteiger partial charge in [0.1, 0.15) is 12.2 Å². The van der Waals surface area contributed by atoms with Crippen LogP contribution in [-0.4, -0.2) is 44.5 Å². The summed E-state index contributed by atoms with van der Waals surface area (Å²) < 4.78 is 24.2. The molecule has 0 aliphatic heterocycles. The zero-order chi connectivity index (χ0) is 27.7. The van der Waals surface area contributed by atoms with Crippen LogP contribution in [0.15, 0.2) is 66.7 Å². The van der Waals surface area contributed by atoms with Crippen molar-refractivity contribution in [3.8, 4) is 0 Å². The van der Waals surface area contributed by atoms with Crippen LogP contribution in [0.25, 0.3) is 0 Å². The zero-order valence-electron chi connectivity index (χ0n) is 21.2. The molecule has 0 radical (unpaired) electrons. The standard InChI is InChI=1S/C28H28FN3O6/c1-4-38-27(35)19-10-12-21(13-11-19)30-24(33)16-25(34)31-26-22(28(36)37-3)14-20(29)15-23(26)32(2)17-18-8-6-5-7-9-18/h5-15H,4,16-17H2,1-3H3,(H,30,33)(H,31,34). The van der Waals surface area contributed by atoms with Gasteiger partial charge in [0.2, 0.25) is 11.8 Å². The summed E-state index contributed by atoms with van der Waals surface area (Å²) in [4.78, 5) is 51.2. The topological polar surface area (TPSA) is 114 Å². The molecule has 0 unspecified atom stereocenters. The summed E-state index contributed by atoms with van der Waals surface area (Å²) in [6, 6.07) is 17.5. The Morgan fingerprint density at radius 1 is 0.895 bits per heavy atom. The molecule has 3 aromatic rings. The highest BCUT2D eigenvalue weighted by molar-refractivity contribution is 6.11. The Hall–Kier alpha value is -4.73. The molecular weight excluding hydrogens is 493 g/mol. The molecule has 0 heterocycles. The van der Waals surface area contributed by atoms with E-state index >= 15 is 0 Å². The molecular formula is C28H28FN3O6.